The Morgan fingerprint density at radius 3 is 2.84 bits per heavy atom. The van der Waals surface area contributed by atoms with Crippen molar-refractivity contribution in [2.45, 2.75) is 38.1 Å². The highest BCUT2D eigenvalue weighted by Gasteiger charge is 2.25. The number of anilines is 1. The van der Waals surface area contributed by atoms with Crippen LogP contribution in [0.25, 0.3) is 0 Å². The zero-order chi connectivity index (χ0) is 17.6. The van der Waals surface area contributed by atoms with Gasteiger partial charge in [-0.2, -0.15) is 0 Å². The standard InChI is InChI=1S/C18H25N5O2/c1-2-19-18(21-11-17(25)22-13-7-8-13)20-10-12-9-16(24)23-15-6-4-3-5-14(12)15/h3-6,12-13H,2,7-11H2,1H3,(H,22,25)(H,23,24)(H2,19,20,21). The van der Waals surface area contributed by atoms with Crippen LogP contribution >= 0.6 is 0 Å². The average molecular weight is 343 g/mol. The van der Waals surface area contributed by atoms with E-state index in [9.17, 15) is 9.59 Å². The lowest BCUT2D eigenvalue weighted by molar-refractivity contribution is -0.120. The van der Waals surface area contributed by atoms with E-state index in [4.69, 9.17) is 0 Å². The van der Waals surface area contributed by atoms with Gasteiger partial charge in [0.05, 0.1) is 0 Å². The molecular formula is C18H25N5O2. The highest BCUT2D eigenvalue weighted by molar-refractivity contribution is 5.95. The number of para-hydroxylation sites is 1. The van der Waals surface area contributed by atoms with Crippen LogP contribution in [0.2, 0.25) is 0 Å². The Labute approximate surface area is 147 Å². The monoisotopic (exact) mass is 343 g/mol. The summed E-state index contributed by atoms with van der Waals surface area (Å²) in [6.45, 7) is 3.37. The molecule has 1 aliphatic heterocycles. The predicted molar refractivity (Wildman–Crippen MR) is 97.6 cm³/mol. The number of carbonyl (C=O) groups is 2. The Balaban J connectivity index is 1.59. The molecule has 1 unspecified atom stereocenters. The molecule has 1 fully saturated rings. The first-order valence-electron chi connectivity index (χ1n) is 8.86. The second-order valence-electron chi connectivity index (χ2n) is 6.45. The number of nitrogens with zero attached hydrogens (tertiary/aromatic N) is 1. The molecule has 25 heavy (non-hydrogen) atoms. The fourth-order valence-corrected chi connectivity index (χ4v) is 2.90. The smallest absolute Gasteiger partial charge is 0.242 e. The second kappa shape index (κ2) is 8.00. The minimum Gasteiger partial charge on any atom is -0.357 e. The van der Waals surface area contributed by atoms with Crippen molar-refractivity contribution in [2.75, 3.05) is 25.0 Å². The number of benzene rings is 1. The Kier molecular flexibility index (Phi) is 5.53. The molecule has 2 amide bonds. The number of rotatable bonds is 6. The molecule has 0 aromatic heterocycles. The van der Waals surface area contributed by atoms with Crippen molar-refractivity contribution in [1.82, 2.24) is 16.0 Å². The van der Waals surface area contributed by atoms with Crippen LogP contribution in [0.15, 0.2) is 29.3 Å². The Hall–Kier alpha value is -2.57. The SMILES string of the molecule is CCNC(=NCC(=O)NC1CC1)NCC1CC(=O)Nc2ccccc21. The van der Waals surface area contributed by atoms with E-state index in [1.165, 1.54) is 0 Å². The number of carbonyl (C=O) groups excluding carboxylic acids is 2. The van der Waals surface area contributed by atoms with Gasteiger partial charge in [-0.1, -0.05) is 18.2 Å². The largest absolute Gasteiger partial charge is 0.357 e. The summed E-state index contributed by atoms with van der Waals surface area (Å²) in [6.07, 6.45) is 2.57. The Morgan fingerprint density at radius 2 is 2.08 bits per heavy atom. The molecule has 1 aromatic rings. The third-order valence-electron chi connectivity index (χ3n) is 4.29. The van der Waals surface area contributed by atoms with Crippen LogP contribution in [0.4, 0.5) is 5.69 Å². The Bertz CT molecular complexity index is 669. The van der Waals surface area contributed by atoms with Crippen molar-refractivity contribution >= 4 is 23.5 Å². The van der Waals surface area contributed by atoms with Crippen LogP contribution in [0.3, 0.4) is 0 Å². The number of hydrogen-bond donors (Lipinski definition) is 4. The number of aliphatic imine (C=N–C) groups is 1. The molecule has 0 bridgehead atoms. The Morgan fingerprint density at radius 1 is 1.28 bits per heavy atom. The minimum atomic E-state index is -0.0536. The molecule has 134 valence electrons. The van der Waals surface area contributed by atoms with E-state index in [-0.39, 0.29) is 24.3 Å². The van der Waals surface area contributed by atoms with Crippen molar-refractivity contribution in [1.29, 1.82) is 0 Å². The van der Waals surface area contributed by atoms with Gasteiger partial charge in [-0.25, -0.2) is 4.99 Å². The van der Waals surface area contributed by atoms with E-state index < -0.39 is 0 Å². The summed E-state index contributed by atoms with van der Waals surface area (Å²) in [5.74, 6) is 0.643. The molecule has 1 saturated carbocycles. The van der Waals surface area contributed by atoms with E-state index >= 15 is 0 Å². The molecule has 7 nitrogen and oxygen atoms in total. The first-order chi connectivity index (χ1) is 12.2. The summed E-state index contributed by atoms with van der Waals surface area (Å²) in [5, 5.41) is 12.2. The highest BCUT2D eigenvalue weighted by atomic mass is 16.2. The van der Waals surface area contributed by atoms with Gasteiger partial charge in [0.15, 0.2) is 5.96 Å². The lowest BCUT2D eigenvalue weighted by Crippen LogP contribution is -2.41. The normalized spacial score (nSPS) is 19.6. The van der Waals surface area contributed by atoms with Gasteiger partial charge in [0.25, 0.3) is 0 Å². The summed E-state index contributed by atoms with van der Waals surface area (Å²) in [4.78, 5) is 28.0. The quantitative estimate of drug-likeness (QED) is 0.457. The van der Waals surface area contributed by atoms with E-state index in [0.29, 0.717) is 31.5 Å². The second-order valence-corrected chi connectivity index (χ2v) is 6.45. The zero-order valence-corrected chi connectivity index (χ0v) is 14.5. The highest BCUT2D eigenvalue weighted by Crippen LogP contribution is 2.31. The number of fused-ring (bicyclic) bond motifs is 1. The molecule has 1 aliphatic carbocycles. The van der Waals surface area contributed by atoms with Crippen molar-refractivity contribution in [3.05, 3.63) is 29.8 Å². The lowest BCUT2D eigenvalue weighted by Gasteiger charge is -2.26. The van der Waals surface area contributed by atoms with Crippen molar-refractivity contribution < 1.29 is 9.59 Å². The summed E-state index contributed by atoms with van der Waals surface area (Å²) in [7, 11) is 0. The van der Waals surface area contributed by atoms with Crippen LogP contribution in [-0.2, 0) is 9.59 Å². The molecule has 7 heteroatoms. The van der Waals surface area contributed by atoms with Gasteiger partial charge >= 0.3 is 0 Å². The van der Waals surface area contributed by atoms with Crippen LogP contribution < -0.4 is 21.3 Å². The maximum atomic E-state index is 11.9. The summed E-state index contributed by atoms with van der Waals surface area (Å²) in [6, 6.07) is 8.19. The van der Waals surface area contributed by atoms with Crippen LogP contribution in [-0.4, -0.2) is 43.5 Å². The van der Waals surface area contributed by atoms with Gasteiger partial charge in [-0.05, 0) is 31.4 Å². The third kappa shape index (κ3) is 4.95. The first kappa shape index (κ1) is 17.3. The number of nitrogens with one attached hydrogen (secondary N) is 4. The molecule has 0 spiro atoms. The average Bonchev–Trinajstić information content (AvgIpc) is 3.41. The number of hydrogen-bond acceptors (Lipinski definition) is 3. The predicted octanol–water partition coefficient (Wildman–Crippen LogP) is 0.946. The van der Waals surface area contributed by atoms with Gasteiger partial charge in [0.2, 0.25) is 11.8 Å². The topological polar surface area (TPSA) is 94.6 Å². The number of amides is 2. The van der Waals surface area contributed by atoms with E-state index in [2.05, 4.69) is 26.3 Å². The van der Waals surface area contributed by atoms with Crippen LogP contribution in [0.5, 0.6) is 0 Å². The molecule has 0 saturated heterocycles. The molecule has 2 aliphatic rings. The van der Waals surface area contributed by atoms with Crippen LogP contribution in [0, 0.1) is 0 Å². The fraction of sp³-hybridized carbons (Fsp3) is 0.500. The maximum absolute atomic E-state index is 11.9. The molecule has 1 atom stereocenters. The zero-order valence-electron chi connectivity index (χ0n) is 14.5. The maximum Gasteiger partial charge on any atom is 0.242 e. The summed E-state index contributed by atoms with van der Waals surface area (Å²) >= 11 is 0. The first-order valence-corrected chi connectivity index (χ1v) is 8.86. The number of guanidine groups is 1. The molecule has 1 aromatic carbocycles. The van der Waals surface area contributed by atoms with Crippen molar-refractivity contribution in [2.24, 2.45) is 4.99 Å². The van der Waals surface area contributed by atoms with Crippen molar-refractivity contribution in [3.8, 4) is 0 Å². The molecule has 3 rings (SSSR count). The van der Waals surface area contributed by atoms with Gasteiger partial charge in [-0.3, -0.25) is 9.59 Å². The van der Waals surface area contributed by atoms with Gasteiger partial charge in [0.1, 0.15) is 6.54 Å². The molecular weight excluding hydrogens is 318 g/mol. The fourth-order valence-electron chi connectivity index (χ4n) is 2.90. The molecule has 1 heterocycles. The van der Waals surface area contributed by atoms with E-state index in [0.717, 1.165) is 24.1 Å². The van der Waals surface area contributed by atoms with Gasteiger partial charge in [-0.15, -0.1) is 0 Å². The molecule has 4 N–H and O–H groups in total. The third-order valence-corrected chi connectivity index (χ3v) is 4.29. The minimum absolute atomic E-state index is 0.0243. The lowest BCUT2D eigenvalue weighted by atomic mass is 9.90. The molecule has 0 radical (unpaired) electrons. The van der Waals surface area contributed by atoms with Crippen molar-refractivity contribution in [3.63, 3.8) is 0 Å². The van der Waals surface area contributed by atoms with E-state index in [1.54, 1.807) is 0 Å². The van der Waals surface area contributed by atoms with Gasteiger partial charge < -0.3 is 21.3 Å². The van der Waals surface area contributed by atoms with E-state index in [1.807, 2.05) is 31.2 Å². The van der Waals surface area contributed by atoms with Crippen LogP contribution in [0.1, 0.15) is 37.7 Å². The summed E-state index contributed by atoms with van der Waals surface area (Å²) in [5.41, 5.74) is 1.99. The summed E-state index contributed by atoms with van der Waals surface area (Å²) < 4.78 is 0. The van der Waals surface area contributed by atoms with Gasteiger partial charge in [0, 0.05) is 37.2 Å².